The first kappa shape index (κ1) is 15.6. The van der Waals surface area contributed by atoms with Gasteiger partial charge in [0.15, 0.2) is 0 Å². The summed E-state index contributed by atoms with van der Waals surface area (Å²) in [6, 6.07) is 5.45. The molecule has 0 amide bonds. The van der Waals surface area contributed by atoms with E-state index in [-0.39, 0.29) is 18.0 Å². The fourth-order valence-electron chi connectivity index (χ4n) is 1.79. The first-order valence-electron chi connectivity index (χ1n) is 6.57. The van der Waals surface area contributed by atoms with Gasteiger partial charge in [0.1, 0.15) is 4.90 Å². The molecule has 114 valence electrons. The third-order valence-corrected chi connectivity index (χ3v) is 4.21. The number of pyridine rings is 1. The lowest BCUT2D eigenvalue weighted by molar-refractivity contribution is 0.277. The smallest absolute Gasteiger partial charge is 0.244 e. The van der Waals surface area contributed by atoms with Crippen LogP contribution in [0.3, 0.4) is 0 Å². The number of sulfonamides is 1. The van der Waals surface area contributed by atoms with Crippen molar-refractivity contribution in [3.05, 3.63) is 42.0 Å². The second-order valence-corrected chi connectivity index (χ2v) is 6.38. The summed E-state index contributed by atoms with van der Waals surface area (Å²) in [6.45, 7) is 2.50. The third-order valence-electron chi connectivity index (χ3n) is 2.85. The molecule has 0 saturated carbocycles. The Bertz CT molecular complexity index is 697. The van der Waals surface area contributed by atoms with Gasteiger partial charge in [-0.15, -0.1) is 0 Å². The number of nitrogens with zero attached hydrogens (tertiary/aromatic N) is 3. The molecule has 2 aromatic rings. The van der Waals surface area contributed by atoms with Crippen LogP contribution < -0.4 is 4.72 Å². The molecular weight excluding hydrogens is 292 g/mol. The van der Waals surface area contributed by atoms with Gasteiger partial charge in [0, 0.05) is 25.0 Å². The summed E-state index contributed by atoms with van der Waals surface area (Å²) in [5, 5.41) is 12.7. The van der Waals surface area contributed by atoms with Crippen LogP contribution in [0.15, 0.2) is 35.5 Å². The predicted molar refractivity (Wildman–Crippen MR) is 76.9 cm³/mol. The summed E-state index contributed by atoms with van der Waals surface area (Å²) in [5.74, 6) is 0. The summed E-state index contributed by atoms with van der Waals surface area (Å²) in [7, 11) is -3.61. The SMILES string of the molecule is Cc1cccc(CNS(=O)(=O)c2cnn(CCCO)c2)n1. The maximum atomic E-state index is 12.1. The van der Waals surface area contributed by atoms with Crippen molar-refractivity contribution in [3.63, 3.8) is 0 Å². The molecule has 0 bridgehead atoms. The molecule has 0 unspecified atom stereocenters. The van der Waals surface area contributed by atoms with Crippen LogP contribution in [0.1, 0.15) is 17.8 Å². The van der Waals surface area contributed by atoms with Crippen molar-refractivity contribution >= 4 is 10.0 Å². The molecule has 0 atom stereocenters. The highest BCUT2D eigenvalue weighted by Crippen LogP contribution is 2.08. The number of hydrogen-bond acceptors (Lipinski definition) is 5. The average molecular weight is 310 g/mol. The number of nitrogens with one attached hydrogen (secondary N) is 1. The zero-order valence-corrected chi connectivity index (χ0v) is 12.5. The van der Waals surface area contributed by atoms with Gasteiger partial charge in [-0.1, -0.05) is 6.07 Å². The van der Waals surface area contributed by atoms with Crippen LogP contribution >= 0.6 is 0 Å². The summed E-state index contributed by atoms with van der Waals surface area (Å²) in [6.07, 6.45) is 3.27. The van der Waals surface area contributed by atoms with Crippen LogP contribution in [-0.4, -0.2) is 34.9 Å². The van der Waals surface area contributed by atoms with Gasteiger partial charge in [-0.05, 0) is 25.5 Å². The van der Waals surface area contributed by atoms with Gasteiger partial charge in [0.25, 0.3) is 0 Å². The molecule has 2 rings (SSSR count). The molecule has 7 nitrogen and oxygen atoms in total. The lowest BCUT2D eigenvalue weighted by Crippen LogP contribution is -2.23. The number of aryl methyl sites for hydroxylation is 2. The molecule has 0 radical (unpaired) electrons. The minimum Gasteiger partial charge on any atom is -0.396 e. The Kier molecular flexibility index (Phi) is 5.05. The van der Waals surface area contributed by atoms with Crippen molar-refractivity contribution < 1.29 is 13.5 Å². The van der Waals surface area contributed by atoms with E-state index in [0.29, 0.717) is 18.7 Å². The maximum Gasteiger partial charge on any atom is 0.244 e. The quantitative estimate of drug-likeness (QED) is 0.774. The minimum absolute atomic E-state index is 0.0409. The largest absolute Gasteiger partial charge is 0.396 e. The molecule has 8 heteroatoms. The molecule has 2 heterocycles. The number of hydrogen-bond donors (Lipinski definition) is 2. The van der Waals surface area contributed by atoms with E-state index in [9.17, 15) is 8.42 Å². The molecule has 0 aliphatic heterocycles. The average Bonchev–Trinajstić information content (AvgIpc) is 2.93. The van der Waals surface area contributed by atoms with Gasteiger partial charge >= 0.3 is 0 Å². The van der Waals surface area contributed by atoms with Crippen molar-refractivity contribution in [2.75, 3.05) is 6.61 Å². The maximum absolute atomic E-state index is 12.1. The molecule has 2 N–H and O–H groups in total. The van der Waals surface area contributed by atoms with Crippen molar-refractivity contribution in [2.45, 2.75) is 31.3 Å². The van der Waals surface area contributed by atoms with E-state index < -0.39 is 10.0 Å². The monoisotopic (exact) mass is 310 g/mol. The van der Waals surface area contributed by atoms with Gasteiger partial charge in [0.05, 0.1) is 18.4 Å². The zero-order chi connectivity index (χ0) is 15.3. The van der Waals surface area contributed by atoms with Crippen molar-refractivity contribution in [2.24, 2.45) is 0 Å². The highest BCUT2D eigenvalue weighted by Gasteiger charge is 2.16. The van der Waals surface area contributed by atoms with Crippen LogP contribution in [0.4, 0.5) is 0 Å². The fourth-order valence-corrected chi connectivity index (χ4v) is 2.74. The summed E-state index contributed by atoms with van der Waals surface area (Å²) in [4.78, 5) is 4.34. The van der Waals surface area contributed by atoms with Crippen LogP contribution in [0, 0.1) is 6.92 Å². The summed E-state index contributed by atoms with van der Waals surface area (Å²) in [5.41, 5.74) is 1.50. The van der Waals surface area contributed by atoms with Gasteiger partial charge < -0.3 is 5.11 Å². The van der Waals surface area contributed by atoms with Gasteiger partial charge in [0.2, 0.25) is 10.0 Å². The van der Waals surface area contributed by atoms with Crippen LogP contribution in [0.5, 0.6) is 0 Å². The van der Waals surface area contributed by atoms with Gasteiger partial charge in [-0.3, -0.25) is 9.67 Å². The Balaban J connectivity index is 2.02. The molecule has 0 fully saturated rings. The van der Waals surface area contributed by atoms with E-state index in [4.69, 9.17) is 5.11 Å². The zero-order valence-electron chi connectivity index (χ0n) is 11.7. The lowest BCUT2D eigenvalue weighted by atomic mass is 10.3. The predicted octanol–water partition coefficient (Wildman–Crippen LogP) is 0.447. The molecule has 0 aromatic carbocycles. The highest BCUT2D eigenvalue weighted by atomic mass is 32.2. The Labute approximate surface area is 123 Å². The van der Waals surface area contributed by atoms with Crippen LogP contribution in [0.2, 0.25) is 0 Å². The molecule has 0 spiro atoms. The highest BCUT2D eigenvalue weighted by molar-refractivity contribution is 7.89. The van der Waals surface area contributed by atoms with E-state index in [2.05, 4.69) is 14.8 Å². The Hall–Kier alpha value is -1.77. The molecule has 0 aliphatic rings. The topological polar surface area (TPSA) is 97.1 Å². The van der Waals surface area contributed by atoms with Crippen molar-refractivity contribution in [3.8, 4) is 0 Å². The van der Waals surface area contributed by atoms with Gasteiger partial charge in [-0.25, -0.2) is 13.1 Å². The van der Waals surface area contributed by atoms with E-state index in [1.807, 2.05) is 19.1 Å². The molecule has 0 aliphatic carbocycles. The van der Waals surface area contributed by atoms with E-state index in [0.717, 1.165) is 5.69 Å². The number of aromatic nitrogens is 3. The van der Waals surface area contributed by atoms with Crippen molar-refractivity contribution in [1.29, 1.82) is 0 Å². The molecule has 0 saturated heterocycles. The Morgan fingerprint density at radius 1 is 1.38 bits per heavy atom. The van der Waals surface area contributed by atoms with E-state index >= 15 is 0 Å². The molecule has 2 aromatic heterocycles. The van der Waals surface area contributed by atoms with Crippen molar-refractivity contribution in [1.82, 2.24) is 19.5 Å². The first-order valence-corrected chi connectivity index (χ1v) is 8.05. The first-order chi connectivity index (χ1) is 10.0. The number of aliphatic hydroxyl groups excluding tert-OH is 1. The number of aliphatic hydroxyl groups is 1. The molecule has 21 heavy (non-hydrogen) atoms. The second kappa shape index (κ2) is 6.79. The standard InChI is InChI=1S/C13H18N4O3S/c1-11-4-2-5-12(16-11)8-15-21(19,20)13-9-14-17(10-13)6-3-7-18/h2,4-5,9-10,15,18H,3,6-8H2,1H3. The van der Waals surface area contributed by atoms with Crippen LogP contribution in [0.25, 0.3) is 0 Å². The Morgan fingerprint density at radius 3 is 2.90 bits per heavy atom. The normalized spacial score (nSPS) is 11.7. The minimum atomic E-state index is -3.61. The fraction of sp³-hybridized carbons (Fsp3) is 0.385. The van der Waals surface area contributed by atoms with Gasteiger partial charge in [-0.2, -0.15) is 5.10 Å². The summed E-state index contributed by atoms with van der Waals surface area (Å²) < 4.78 is 28.3. The summed E-state index contributed by atoms with van der Waals surface area (Å²) >= 11 is 0. The second-order valence-electron chi connectivity index (χ2n) is 4.61. The third kappa shape index (κ3) is 4.35. The van der Waals surface area contributed by atoms with Crippen LogP contribution in [-0.2, 0) is 23.1 Å². The lowest BCUT2D eigenvalue weighted by Gasteiger charge is -2.05. The molecular formula is C13H18N4O3S. The van der Waals surface area contributed by atoms with E-state index in [1.54, 1.807) is 6.07 Å². The Morgan fingerprint density at radius 2 is 2.19 bits per heavy atom. The van der Waals surface area contributed by atoms with E-state index in [1.165, 1.54) is 17.1 Å². The number of rotatable bonds is 7.